The number of nitrogens with one attached hydrogen (secondary N) is 1. The first-order valence-electron chi connectivity index (χ1n) is 7.84. The third-order valence-electron chi connectivity index (χ3n) is 3.78. The number of amides is 1. The molecule has 126 valence electrons. The molecule has 6 heteroatoms. The van der Waals surface area contributed by atoms with E-state index in [-0.39, 0.29) is 18.6 Å². The number of rotatable bonds is 6. The fourth-order valence-electron chi connectivity index (χ4n) is 2.33. The van der Waals surface area contributed by atoms with Crippen molar-refractivity contribution in [3.05, 3.63) is 41.4 Å². The molecule has 1 aliphatic carbocycles. The summed E-state index contributed by atoms with van der Waals surface area (Å²) < 4.78 is 10.6. The molecule has 5 nitrogen and oxygen atoms in total. The summed E-state index contributed by atoms with van der Waals surface area (Å²) in [6.45, 7) is 1.28. The maximum Gasteiger partial charge on any atom is 0.344 e. The van der Waals surface area contributed by atoms with Gasteiger partial charge in [0.25, 0.3) is 5.91 Å². The van der Waals surface area contributed by atoms with Crippen molar-refractivity contribution >= 4 is 34.2 Å². The van der Waals surface area contributed by atoms with Crippen LogP contribution in [0.1, 0.15) is 19.8 Å². The van der Waals surface area contributed by atoms with Crippen LogP contribution in [0.5, 0.6) is 5.75 Å². The number of hydrogen-bond donors (Lipinski definition) is 1. The largest absolute Gasteiger partial charge is 0.481 e. The minimum atomic E-state index is -0.830. The topological polar surface area (TPSA) is 64.6 Å². The Bertz CT molecular complexity index is 773. The molecular formula is C18H18ClNO4. The monoisotopic (exact) mass is 347 g/mol. The van der Waals surface area contributed by atoms with Gasteiger partial charge in [0.2, 0.25) is 0 Å². The maximum absolute atomic E-state index is 11.9. The van der Waals surface area contributed by atoms with Gasteiger partial charge in [0, 0.05) is 21.8 Å². The lowest BCUT2D eigenvalue weighted by molar-refractivity contribution is -0.156. The van der Waals surface area contributed by atoms with Crippen LogP contribution >= 0.6 is 11.6 Å². The van der Waals surface area contributed by atoms with Crippen LogP contribution in [-0.4, -0.2) is 30.6 Å². The van der Waals surface area contributed by atoms with Gasteiger partial charge in [-0.1, -0.05) is 35.9 Å². The fraction of sp³-hybridized carbons (Fsp3) is 0.333. The summed E-state index contributed by atoms with van der Waals surface area (Å²) in [5.74, 6) is -0.322. The predicted octanol–water partition coefficient (Wildman–Crippen LogP) is 3.08. The molecular weight excluding hydrogens is 330 g/mol. The summed E-state index contributed by atoms with van der Waals surface area (Å²) in [5, 5.41) is 5.07. The molecule has 0 aliphatic heterocycles. The second kappa shape index (κ2) is 7.09. The Morgan fingerprint density at radius 1 is 1.21 bits per heavy atom. The first kappa shape index (κ1) is 16.6. The van der Waals surface area contributed by atoms with E-state index >= 15 is 0 Å². The van der Waals surface area contributed by atoms with Gasteiger partial charge in [-0.2, -0.15) is 0 Å². The number of hydrogen-bond acceptors (Lipinski definition) is 4. The van der Waals surface area contributed by atoms with Crippen LogP contribution < -0.4 is 10.1 Å². The summed E-state index contributed by atoms with van der Waals surface area (Å²) in [5.41, 5.74) is 0. The minimum absolute atomic E-state index is 0.232. The van der Waals surface area contributed by atoms with Crippen molar-refractivity contribution in [3.63, 3.8) is 0 Å². The van der Waals surface area contributed by atoms with E-state index in [0.29, 0.717) is 10.8 Å². The zero-order chi connectivity index (χ0) is 17.1. The summed E-state index contributed by atoms with van der Waals surface area (Å²) in [4.78, 5) is 23.7. The van der Waals surface area contributed by atoms with Crippen LogP contribution in [-0.2, 0) is 14.3 Å². The fourth-order valence-corrected chi connectivity index (χ4v) is 2.56. The molecule has 1 N–H and O–H groups in total. The number of esters is 1. The molecule has 1 aliphatic rings. The average molecular weight is 348 g/mol. The third kappa shape index (κ3) is 3.97. The molecule has 2 aromatic rings. The summed E-state index contributed by atoms with van der Waals surface area (Å²) in [6, 6.07) is 11.2. The average Bonchev–Trinajstić information content (AvgIpc) is 3.38. The Kier molecular flexibility index (Phi) is 4.90. The van der Waals surface area contributed by atoms with E-state index < -0.39 is 12.1 Å². The third-order valence-corrected chi connectivity index (χ3v) is 4.11. The highest BCUT2D eigenvalue weighted by atomic mass is 35.5. The molecule has 0 unspecified atom stereocenters. The van der Waals surface area contributed by atoms with E-state index in [1.807, 2.05) is 24.3 Å². The Morgan fingerprint density at radius 3 is 2.62 bits per heavy atom. The molecule has 1 saturated carbocycles. The molecule has 2 aromatic carbocycles. The van der Waals surface area contributed by atoms with Crippen LogP contribution in [0.4, 0.5) is 0 Å². The van der Waals surface area contributed by atoms with Crippen LogP contribution in [0.15, 0.2) is 36.4 Å². The van der Waals surface area contributed by atoms with Gasteiger partial charge in [0.1, 0.15) is 5.75 Å². The molecule has 3 rings (SSSR count). The van der Waals surface area contributed by atoms with Crippen molar-refractivity contribution in [3.8, 4) is 5.75 Å². The molecule has 1 atom stereocenters. The van der Waals surface area contributed by atoms with Crippen molar-refractivity contribution in [1.29, 1.82) is 0 Å². The molecule has 0 radical (unpaired) electrons. The molecule has 0 bridgehead atoms. The number of fused-ring (bicyclic) bond motifs is 1. The zero-order valence-corrected chi connectivity index (χ0v) is 14.0. The van der Waals surface area contributed by atoms with Gasteiger partial charge in [0.15, 0.2) is 12.7 Å². The van der Waals surface area contributed by atoms with Crippen molar-refractivity contribution in [2.24, 2.45) is 0 Å². The lowest BCUT2D eigenvalue weighted by atomic mass is 10.1. The van der Waals surface area contributed by atoms with E-state index in [2.05, 4.69) is 5.32 Å². The molecule has 0 heterocycles. The molecule has 1 amide bonds. The first-order valence-corrected chi connectivity index (χ1v) is 8.22. The van der Waals surface area contributed by atoms with E-state index in [1.165, 1.54) is 0 Å². The van der Waals surface area contributed by atoms with Gasteiger partial charge in [-0.3, -0.25) is 4.79 Å². The normalized spacial score (nSPS) is 14.9. The van der Waals surface area contributed by atoms with Crippen LogP contribution in [0.25, 0.3) is 10.8 Å². The first-order chi connectivity index (χ1) is 11.5. The number of halogens is 1. The van der Waals surface area contributed by atoms with Gasteiger partial charge in [0.05, 0.1) is 0 Å². The molecule has 0 aromatic heterocycles. The van der Waals surface area contributed by atoms with Gasteiger partial charge < -0.3 is 14.8 Å². The SMILES string of the molecule is C[C@H](OC(=O)COc1ccc(Cl)c2ccccc12)C(=O)NC1CC1. The van der Waals surface area contributed by atoms with E-state index in [4.69, 9.17) is 21.1 Å². The highest BCUT2D eigenvalue weighted by Gasteiger charge is 2.27. The Balaban J connectivity index is 1.58. The number of benzene rings is 2. The Labute approximate surface area is 144 Å². The number of ether oxygens (including phenoxy) is 2. The molecule has 0 spiro atoms. The lowest BCUT2D eigenvalue weighted by Crippen LogP contribution is -2.37. The smallest absolute Gasteiger partial charge is 0.344 e. The molecule has 0 saturated heterocycles. The minimum Gasteiger partial charge on any atom is -0.481 e. The van der Waals surface area contributed by atoms with Gasteiger partial charge in [-0.25, -0.2) is 4.79 Å². The number of carbonyl (C=O) groups is 2. The lowest BCUT2D eigenvalue weighted by Gasteiger charge is -2.14. The molecule has 24 heavy (non-hydrogen) atoms. The zero-order valence-electron chi connectivity index (χ0n) is 13.3. The highest BCUT2D eigenvalue weighted by Crippen LogP contribution is 2.31. The van der Waals surface area contributed by atoms with Crippen LogP contribution in [0.2, 0.25) is 5.02 Å². The van der Waals surface area contributed by atoms with Crippen molar-refractivity contribution in [1.82, 2.24) is 5.32 Å². The second-order valence-electron chi connectivity index (χ2n) is 5.79. The Hall–Kier alpha value is -2.27. The molecule has 1 fully saturated rings. The second-order valence-corrected chi connectivity index (χ2v) is 6.20. The number of carbonyl (C=O) groups excluding carboxylic acids is 2. The van der Waals surface area contributed by atoms with E-state index in [9.17, 15) is 9.59 Å². The van der Waals surface area contributed by atoms with Gasteiger partial charge >= 0.3 is 5.97 Å². The standard InChI is InChI=1S/C18H18ClNO4/c1-11(18(22)20-12-6-7-12)24-17(21)10-23-16-9-8-15(19)13-4-2-3-5-14(13)16/h2-5,8-9,11-12H,6-7,10H2,1H3,(H,20,22)/t11-/m0/s1. The van der Waals surface area contributed by atoms with Crippen LogP contribution in [0, 0.1) is 0 Å². The van der Waals surface area contributed by atoms with Gasteiger partial charge in [-0.15, -0.1) is 0 Å². The maximum atomic E-state index is 11.9. The van der Waals surface area contributed by atoms with E-state index in [1.54, 1.807) is 19.1 Å². The predicted molar refractivity (Wildman–Crippen MR) is 91.2 cm³/mol. The Morgan fingerprint density at radius 2 is 1.92 bits per heavy atom. The van der Waals surface area contributed by atoms with Crippen molar-refractivity contribution < 1.29 is 19.1 Å². The summed E-state index contributed by atoms with van der Waals surface area (Å²) in [7, 11) is 0. The van der Waals surface area contributed by atoms with E-state index in [0.717, 1.165) is 23.6 Å². The van der Waals surface area contributed by atoms with Gasteiger partial charge in [-0.05, 0) is 31.9 Å². The summed E-state index contributed by atoms with van der Waals surface area (Å²) >= 11 is 6.15. The van der Waals surface area contributed by atoms with Crippen molar-refractivity contribution in [2.75, 3.05) is 6.61 Å². The van der Waals surface area contributed by atoms with Crippen LogP contribution in [0.3, 0.4) is 0 Å². The highest BCUT2D eigenvalue weighted by molar-refractivity contribution is 6.35. The summed E-state index contributed by atoms with van der Waals surface area (Å²) in [6.07, 6.45) is 1.14. The van der Waals surface area contributed by atoms with Crippen molar-refractivity contribution in [2.45, 2.75) is 31.9 Å². The quantitative estimate of drug-likeness (QED) is 0.815.